The van der Waals surface area contributed by atoms with Crippen LogP contribution in [0.5, 0.6) is 0 Å². The van der Waals surface area contributed by atoms with Gasteiger partial charge >= 0.3 is 0 Å². The smallest absolute Gasteiger partial charge is 0.235 e. The van der Waals surface area contributed by atoms with Crippen LogP contribution in [-0.4, -0.2) is 41.6 Å². The second-order valence-corrected chi connectivity index (χ2v) is 6.65. The van der Waals surface area contributed by atoms with Crippen molar-refractivity contribution in [1.29, 1.82) is 0 Å². The van der Waals surface area contributed by atoms with Gasteiger partial charge in [0, 0.05) is 50.1 Å². The molecule has 3 rings (SSSR count). The Balaban J connectivity index is 1.83. The van der Waals surface area contributed by atoms with E-state index in [9.17, 15) is 4.79 Å². The van der Waals surface area contributed by atoms with Gasteiger partial charge in [-0.25, -0.2) is 0 Å². The predicted octanol–water partition coefficient (Wildman–Crippen LogP) is 2.87. The summed E-state index contributed by atoms with van der Waals surface area (Å²) in [6.45, 7) is 3.25. The van der Waals surface area contributed by atoms with E-state index < -0.39 is 0 Å². The summed E-state index contributed by atoms with van der Waals surface area (Å²) in [5.74, 6) is 1.45. The van der Waals surface area contributed by atoms with Crippen molar-refractivity contribution in [3.63, 3.8) is 0 Å². The van der Waals surface area contributed by atoms with Gasteiger partial charge in [-0.05, 0) is 23.8 Å². The van der Waals surface area contributed by atoms with Gasteiger partial charge in [0.1, 0.15) is 0 Å². The summed E-state index contributed by atoms with van der Waals surface area (Å²) in [6.07, 6.45) is 1.18. The summed E-state index contributed by atoms with van der Waals surface area (Å²) in [4.78, 5) is 15.9. The minimum absolute atomic E-state index is 0.110. The van der Waals surface area contributed by atoms with Crippen molar-refractivity contribution in [3.05, 3.63) is 40.6 Å². The molecule has 1 atom stereocenters. The van der Waals surface area contributed by atoms with E-state index in [1.54, 1.807) is 19.0 Å². The lowest BCUT2D eigenvalue weighted by atomic mass is 9.97. The first-order chi connectivity index (χ1) is 11.5. The standard InChI is InChI=1S/C17H21ClN4O2/c1-4-15-19-20-16(24-15)10-22-9-11(7-17(23)21(2)3)13-8-12(18)5-6-14(13)22/h5-6,8,11H,4,7,9-10H2,1-3H3. The monoisotopic (exact) mass is 348 g/mol. The van der Waals surface area contributed by atoms with Crippen molar-refractivity contribution in [2.24, 2.45) is 0 Å². The van der Waals surface area contributed by atoms with Crippen LogP contribution in [0.15, 0.2) is 22.6 Å². The number of anilines is 1. The molecule has 1 aliphatic rings. The van der Waals surface area contributed by atoms with Gasteiger partial charge in [0.25, 0.3) is 0 Å². The third-order valence-corrected chi connectivity index (χ3v) is 4.50. The third-order valence-electron chi connectivity index (χ3n) is 4.27. The molecule has 0 aliphatic carbocycles. The Hall–Kier alpha value is -2.08. The van der Waals surface area contributed by atoms with Gasteiger partial charge in [0.15, 0.2) is 0 Å². The maximum Gasteiger partial charge on any atom is 0.235 e. The highest BCUT2D eigenvalue weighted by molar-refractivity contribution is 6.30. The van der Waals surface area contributed by atoms with Crippen LogP contribution in [0.3, 0.4) is 0 Å². The third kappa shape index (κ3) is 3.38. The van der Waals surface area contributed by atoms with E-state index in [1.807, 2.05) is 25.1 Å². The Labute approximate surface area is 146 Å². The molecule has 1 aliphatic heterocycles. The molecule has 2 aromatic rings. The number of rotatable bonds is 5. The van der Waals surface area contributed by atoms with Gasteiger partial charge in [-0.2, -0.15) is 0 Å². The highest BCUT2D eigenvalue weighted by Gasteiger charge is 2.31. The summed E-state index contributed by atoms with van der Waals surface area (Å²) in [6, 6.07) is 5.82. The van der Waals surface area contributed by atoms with E-state index in [2.05, 4.69) is 15.1 Å². The summed E-state index contributed by atoms with van der Waals surface area (Å²) in [5.41, 5.74) is 2.18. The van der Waals surface area contributed by atoms with E-state index in [1.165, 1.54) is 0 Å². The van der Waals surface area contributed by atoms with E-state index in [-0.39, 0.29) is 11.8 Å². The van der Waals surface area contributed by atoms with Gasteiger partial charge < -0.3 is 14.2 Å². The maximum atomic E-state index is 12.1. The number of aryl methyl sites for hydroxylation is 1. The molecule has 0 N–H and O–H groups in total. The molecule has 6 nitrogen and oxygen atoms in total. The lowest BCUT2D eigenvalue weighted by Crippen LogP contribution is -2.26. The SMILES string of the molecule is CCc1nnc(CN2CC(CC(=O)N(C)C)c3cc(Cl)ccc32)o1. The van der Waals surface area contributed by atoms with E-state index in [4.69, 9.17) is 16.0 Å². The largest absolute Gasteiger partial charge is 0.423 e. The number of hydrogen-bond donors (Lipinski definition) is 0. The highest BCUT2D eigenvalue weighted by atomic mass is 35.5. The molecule has 128 valence electrons. The first-order valence-electron chi connectivity index (χ1n) is 8.03. The minimum Gasteiger partial charge on any atom is -0.423 e. The second kappa shape index (κ2) is 6.81. The molecule has 1 unspecified atom stereocenters. The quantitative estimate of drug-likeness (QED) is 0.831. The highest BCUT2D eigenvalue weighted by Crippen LogP contribution is 2.40. The number of amides is 1. The molecule has 0 saturated heterocycles. The molecule has 1 aromatic carbocycles. The van der Waals surface area contributed by atoms with Crippen molar-refractivity contribution >= 4 is 23.2 Å². The molecule has 0 saturated carbocycles. The van der Waals surface area contributed by atoms with Crippen LogP contribution in [0, 0.1) is 0 Å². The van der Waals surface area contributed by atoms with Gasteiger partial charge in [0.2, 0.25) is 17.7 Å². The van der Waals surface area contributed by atoms with E-state index in [0.717, 1.165) is 24.2 Å². The molecule has 7 heteroatoms. The minimum atomic E-state index is 0.110. The topological polar surface area (TPSA) is 62.5 Å². The molecule has 1 aromatic heterocycles. The number of aromatic nitrogens is 2. The Kier molecular flexibility index (Phi) is 4.76. The molecule has 0 spiro atoms. The molecule has 1 amide bonds. The average Bonchev–Trinajstić information content (AvgIpc) is 3.13. The van der Waals surface area contributed by atoms with Crippen LogP contribution in [0.4, 0.5) is 5.69 Å². The van der Waals surface area contributed by atoms with Crippen molar-refractivity contribution in [1.82, 2.24) is 15.1 Å². The Morgan fingerprint density at radius 3 is 2.79 bits per heavy atom. The van der Waals surface area contributed by atoms with Crippen molar-refractivity contribution < 1.29 is 9.21 Å². The van der Waals surface area contributed by atoms with Gasteiger partial charge in [-0.3, -0.25) is 4.79 Å². The van der Waals surface area contributed by atoms with Crippen LogP contribution in [-0.2, 0) is 17.8 Å². The molecule has 0 fully saturated rings. The fourth-order valence-corrected chi connectivity index (χ4v) is 3.16. The molecule has 0 radical (unpaired) electrons. The van der Waals surface area contributed by atoms with Crippen LogP contribution >= 0.6 is 11.6 Å². The van der Waals surface area contributed by atoms with Crippen LogP contribution in [0.1, 0.15) is 36.6 Å². The molecule has 0 bridgehead atoms. The number of hydrogen-bond acceptors (Lipinski definition) is 5. The zero-order valence-electron chi connectivity index (χ0n) is 14.1. The number of halogens is 1. The molecular weight excluding hydrogens is 328 g/mol. The molecular formula is C17H21ClN4O2. The van der Waals surface area contributed by atoms with Crippen molar-refractivity contribution in [2.75, 3.05) is 25.5 Å². The first-order valence-corrected chi connectivity index (χ1v) is 8.41. The summed E-state index contributed by atoms with van der Waals surface area (Å²) < 4.78 is 5.62. The number of benzene rings is 1. The fourth-order valence-electron chi connectivity index (χ4n) is 2.98. The second-order valence-electron chi connectivity index (χ2n) is 6.22. The normalized spacial score (nSPS) is 16.3. The van der Waals surface area contributed by atoms with Crippen LogP contribution in [0.2, 0.25) is 5.02 Å². The Morgan fingerprint density at radius 1 is 1.38 bits per heavy atom. The average molecular weight is 349 g/mol. The number of carbonyl (C=O) groups excluding carboxylic acids is 1. The fraction of sp³-hybridized carbons (Fsp3) is 0.471. The first kappa shape index (κ1) is 16.8. The maximum absolute atomic E-state index is 12.1. The number of carbonyl (C=O) groups is 1. The lowest BCUT2D eigenvalue weighted by Gasteiger charge is -2.18. The molecule has 24 heavy (non-hydrogen) atoms. The summed E-state index contributed by atoms with van der Waals surface area (Å²) in [7, 11) is 3.55. The Bertz CT molecular complexity index is 744. The van der Waals surface area contributed by atoms with Crippen molar-refractivity contribution in [2.45, 2.75) is 32.2 Å². The zero-order chi connectivity index (χ0) is 17.3. The van der Waals surface area contributed by atoms with E-state index >= 15 is 0 Å². The van der Waals surface area contributed by atoms with Gasteiger partial charge in [-0.15, -0.1) is 10.2 Å². The van der Waals surface area contributed by atoms with Gasteiger partial charge in [-0.1, -0.05) is 18.5 Å². The van der Waals surface area contributed by atoms with Crippen LogP contribution < -0.4 is 4.90 Å². The lowest BCUT2D eigenvalue weighted by molar-refractivity contribution is -0.129. The summed E-state index contributed by atoms with van der Waals surface area (Å²) >= 11 is 6.16. The number of nitrogens with zero attached hydrogens (tertiary/aromatic N) is 4. The van der Waals surface area contributed by atoms with Crippen LogP contribution in [0.25, 0.3) is 0 Å². The summed E-state index contributed by atoms with van der Waals surface area (Å²) in [5, 5.41) is 8.79. The van der Waals surface area contributed by atoms with Crippen molar-refractivity contribution in [3.8, 4) is 0 Å². The molecule has 2 heterocycles. The Morgan fingerprint density at radius 2 is 2.12 bits per heavy atom. The van der Waals surface area contributed by atoms with Gasteiger partial charge in [0.05, 0.1) is 6.54 Å². The van der Waals surface area contributed by atoms with E-state index in [0.29, 0.717) is 29.8 Å². The number of fused-ring (bicyclic) bond motifs is 1. The zero-order valence-corrected chi connectivity index (χ0v) is 14.9. The predicted molar refractivity (Wildman–Crippen MR) is 92.2 cm³/mol.